The maximum atomic E-state index is 12.1. The SMILES string of the molecule is O=C(CCCC[C@@H]1SC[C@@H]2NC(=O)N[C@@H]21)Nc1nnc([C@@H]2CCCO2)s1. The van der Waals surface area contributed by atoms with Gasteiger partial charge < -0.3 is 20.7 Å². The van der Waals surface area contributed by atoms with Crippen molar-refractivity contribution in [1.29, 1.82) is 0 Å². The Morgan fingerprint density at radius 3 is 3.08 bits per heavy atom. The lowest BCUT2D eigenvalue weighted by molar-refractivity contribution is -0.116. The van der Waals surface area contributed by atoms with Gasteiger partial charge in [-0.05, 0) is 25.7 Å². The van der Waals surface area contributed by atoms with E-state index in [9.17, 15) is 9.59 Å². The lowest BCUT2D eigenvalue weighted by atomic mass is 10.0. The van der Waals surface area contributed by atoms with Crippen LogP contribution >= 0.6 is 23.1 Å². The van der Waals surface area contributed by atoms with Crippen LogP contribution in [0.25, 0.3) is 0 Å². The topological polar surface area (TPSA) is 105 Å². The van der Waals surface area contributed by atoms with Crippen molar-refractivity contribution in [2.24, 2.45) is 0 Å². The molecule has 1 aromatic rings. The summed E-state index contributed by atoms with van der Waals surface area (Å²) in [7, 11) is 0. The van der Waals surface area contributed by atoms with E-state index in [1.807, 2.05) is 11.8 Å². The summed E-state index contributed by atoms with van der Waals surface area (Å²) in [5.74, 6) is 0.950. The quantitative estimate of drug-likeness (QED) is 0.480. The second-order valence-electron chi connectivity index (χ2n) is 6.86. The fourth-order valence-corrected chi connectivity index (χ4v) is 6.03. The molecule has 0 saturated carbocycles. The van der Waals surface area contributed by atoms with E-state index in [1.165, 1.54) is 11.3 Å². The molecule has 3 amide bonds. The highest BCUT2D eigenvalue weighted by atomic mass is 32.2. The number of carbonyl (C=O) groups excluding carboxylic acids is 2. The molecular formula is C16H23N5O3S2. The monoisotopic (exact) mass is 397 g/mol. The van der Waals surface area contributed by atoms with Crippen molar-refractivity contribution >= 4 is 40.2 Å². The number of rotatable bonds is 7. The van der Waals surface area contributed by atoms with Crippen LogP contribution in [0.2, 0.25) is 0 Å². The maximum Gasteiger partial charge on any atom is 0.315 e. The lowest BCUT2D eigenvalue weighted by Gasteiger charge is -2.16. The summed E-state index contributed by atoms with van der Waals surface area (Å²) < 4.78 is 5.58. The third-order valence-corrected chi connectivity index (χ3v) is 7.41. The van der Waals surface area contributed by atoms with E-state index in [2.05, 4.69) is 26.1 Å². The van der Waals surface area contributed by atoms with E-state index in [-0.39, 0.29) is 30.1 Å². The Balaban J connectivity index is 1.15. The Labute approximate surface area is 160 Å². The molecule has 3 aliphatic rings. The number of nitrogens with one attached hydrogen (secondary N) is 3. The molecule has 10 heteroatoms. The minimum Gasteiger partial charge on any atom is -0.371 e. The van der Waals surface area contributed by atoms with Gasteiger partial charge >= 0.3 is 6.03 Å². The Morgan fingerprint density at radius 2 is 2.23 bits per heavy atom. The van der Waals surface area contributed by atoms with Crippen LogP contribution in [-0.2, 0) is 9.53 Å². The van der Waals surface area contributed by atoms with Gasteiger partial charge in [-0.1, -0.05) is 17.8 Å². The average molecular weight is 398 g/mol. The summed E-state index contributed by atoms with van der Waals surface area (Å²) in [6, 6.07) is 0.444. The first kappa shape index (κ1) is 18.0. The number of thioether (sulfide) groups is 1. The highest BCUT2D eigenvalue weighted by Gasteiger charge is 2.42. The number of unbranched alkanes of at least 4 members (excludes halogenated alkanes) is 1. The largest absolute Gasteiger partial charge is 0.371 e. The Morgan fingerprint density at radius 1 is 1.31 bits per heavy atom. The maximum absolute atomic E-state index is 12.1. The number of nitrogens with zero attached hydrogens (tertiary/aromatic N) is 2. The van der Waals surface area contributed by atoms with Crippen molar-refractivity contribution < 1.29 is 14.3 Å². The molecule has 8 nitrogen and oxygen atoms in total. The van der Waals surface area contributed by atoms with Gasteiger partial charge in [0, 0.05) is 24.0 Å². The molecule has 3 fully saturated rings. The van der Waals surface area contributed by atoms with Crippen LogP contribution in [0.4, 0.5) is 9.93 Å². The minimum atomic E-state index is -0.0518. The van der Waals surface area contributed by atoms with Crippen LogP contribution in [-0.4, -0.2) is 51.8 Å². The standard InChI is InChI=1S/C16H23N5O3S2/c22-12(18-16-21-20-14(26-16)10-4-3-7-24-10)6-2-1-5-11-13-9(8-25-11)17-15(23)19-13/h9-11,13H,1-8H2,(H2,17,19,23)(H,18,21,22)/t9-,10-,11-,13-/m0/s1. The molecule has 0 aliphatic carbocycles. The van der Waals surface area contributed by atoms with Crippen LogP contribution in [0.15, 0.2) is 0 Å². The summed E-state index contributed by atoms with van der Waals surface area (Å²) in [5.41, 5.74) is 0. The zero-order chi connectivity index (χ0) is 17.9. The number of hydrogen-bond acceptors (Lipinski definition) is 7. The number of anilines is 1. The third-order valence-electron chi connectivity index (χ3n) is 4.97. The van der Waals surface area contributed by atoms with Crippen LogP contribution < -0.4 is 16.0 Å². The molecule has 4 atom stereocenters. The van der Waals surface area contributed by atoms with Crippen LogP contribution in [0, 0.1) is 0 Å². The van der Waals surface area contributed by atoms with E-state index in [0.29, 0.717) is 16.8 Å². The minimum absolute atomic E-state index is 0.0205. The summed E-state index contributed by atoms with van der Waals surface area (Å²) in [6.45, 7) is 0.770. The van der Waals surface area contributed by atoms with Crippen molar-refractivity contribution in [3.8, 4) is 0 Å². The van der Waals surface area contributed by atoms with Gasteiger partial charge in [0.25, 0.3) is 0 Å². The summed E-state index contributed by atoms with van der Waals surface area (Å²) in [6.07, 6.45) is 5.36. The summed E-state index contributed by atoms with van der Waals surface area (Å²) in [4.78, 5) is 23.5. The first-order valence-corrected chi connectivity index (χ1v) is 11.0. The molecule has 4 rings (SSSR count). The lowest BCUT2D eigenvalue weighted by Crippen LogP contribution is -2.36. The number of urea groups is 1. The average Bonchev–Trinajstić information content (AvgIpc) is 3.36. The zero-order valence-electron chi connectivity index (χ0n) is 14.4. The van der Waals surface area contributed by atoms with Crippen molar-refractivity contribution in [3.05, 3.63) is 5.01 Å². The van der Waals surface area contributed by atoms with Crippen molar-refractivity contribution in [2.75, 3.05) is 17.7 Å². The first-order chi connectivity index (χ1) is 12.7. The predicted octanol–water partition coefficient (Wildman–Crippen LogP) is 2.05. The fraction of sp³-hybridized carbons (Fsp3) is 0.750. The van der Waals surface area contributed by atoms with E-state index in [0.717, 1.165) is 49.5 Å². The van der Waals surface area contributed by atoms with Crippen molar-refractivity contribution in [2.45, 2.75) is 62.0 Å². The second kappa shape index (κ2) is 8.10. The van der Waals surface area contributed by atoms with E-state index >= 15 is 0 Å². The number of carbonyl (C=O) groups is 2. The first-order valence-electron chi connectivity index (χ1n) is 9.12. The molecule has 4 heterocycles. The number of aromatic nitrogens is 2. The molecular weight excluding hydrogens is 374 g/mol. The number of fused-ring (bicyclic) bond motifs is 1. The third kappa shape index (κ3) is 4.12. The second-order valence-corrected chi connectivity index (χ2v) is 9.14. The molecule has 0 bridgehead atoms. The molecule has 0 spiro atoms. The van der Waals surface area contributed by atoms with E-state index in [4.69, 9.17) is 4.74 Å². The van der Waals surface area contributed by atoms with Crippen LogP contribution in [0.1, 0.15) is 49.6 Å². The van der Waals surface area contributed by atoms with Crippen molar-refractivity contribution in [3.63, 3.8) is 0 Å². The molecule has 0 unspecified atom stereocenters. The smallest absolute Gasteiger partial charge is 0.315 e. The number of amides is 3. The predicted molar refractivity (Wildman–Crippen MR) is 100 cm³/mol. The molecule has 0 aromatic carbocycles. The molecule has 3 saturated heterocycles. The Kier molecular flexibility index (Phi) is 5.60. The van der Waals surface area contributed by atoms with Crippen LogP contribution in [0.3, 0.4) is 0 Å². The Bertz CT molecular complexity index is 664. The fourth-order valence-electron chi connectivity index (χ4n) is 3.64. The molecule has 26 heavy (non-hydrogen) atoms. The van der Waals surface area contributed by atoms with Gasteiger partial charge in [-0.3, -0.25) is 4.79 Å². The molecule has 3 N–H and O–H groups in total. The van der Waals surface area contributed by atoms with Crippen LogP contribution in [0.5, 0.6) is 0 Å². The van der Waals surface area contributed by atoms with Gasteiger partial charge in [0.05, 0.1) is 12.1 Å². The summed E-state index contributed by atoms with van der Waals surface area (Å²) >= 11 is 3.31. The highest BCUT2D eigenvalue weighted by Crippen LogP contribution is 2.33. The Hall–Kier alpha value is -1.39. The van der Waals surface area contributed by atoms with Gasteiger partial charge in [-0.15, -0.1) is 10.2 Å². The van der Waals surface area contributed by atoms with Gasteiger partial charge in [0.15, 0.2) is 0 Å². The van der Waals surface area contributed by atoms with Gasteiger partial charge in [-0.25, -0.2) is 4.79 Å². The zero-order valence-corrected chi connectivity index (χ0v) is 16.0. The van der Waals surface area contributed by atoms with Crippen molar-refractivity contribution in [1.82, 2.24) is 20.8 Å². The molecule has 142 valence electrons. The summed E-state index contributed by atoms with van der Waals surface area (Å²) in [5, 5.41) is 18.8. The highest BCUT2D eigenvalue weighted by molar-refractivity contribution is 8.00. The van der Waals surface area contributed by atoms with Gasteiger partial charge in [0.2, 0.25) is 11.0 Å². The van der Waals surface area contributed by atoms with E-state index in [1.54, 1.807) is 0 Å². The van der Waals surface area contributed by atoms with Gasteiger partial charge in [0.1, 0.15) is 11.1 Å². The normalized spacial score (nSPS) is 30.1. The van der Waals surface area contributed by atoms with E-state index < -0.39 is 0 Å². The number of hydrogen-bond donors (Lipinski definition) is 3. The number of ether oxygens (including phenoxy) is 1. The molecule has 1 aromatic heterocycles. The molecule has 0 radical (unpaired) electrons. The van der Waals surface area contributed by atoms with Gasteiger partial charge in [-0.2, -0.15) is 11.8 Å². The molecule has 3 aliphatic heterocycles.